The van der Waals surface area contributed by atoms with E-state index in [4.69, 9.17) is 16.3 Å². The topological polar surface area (TPSA) is 50.4 Å². The van der Waals surface area contributed by atoms with Crippen LogP contribution in [-0.4, -0.2) is 30.6 Å². The second kappa shape index (κ2) is 6.95. The van der Waals surface area contributed by atoms with Crippen LogP contribution in [0.3, 0.4) is 0 Å². The molecule has 20 heavy (non-hydrogen) atoms. The first-order chi connectivity index (χ1) is 9.56. The number of hydrogen-bond acceptors (Lipinski definition) is 3. The lowest BCUT2D eigenvalue weighted by molar-refractivity contribution is -0.128. The number of halogens is 1. The molecule has 4 nitrogen and oxygen atoms in total. The predicted octanol–water partition coefficient (Wildman–Crippen LogP) is 2.36. The molecule has 1 aromatic rings. The third kappa shape index (κ3) is 4.12. The molecule has 0 aliphatic carbocycles. The molecule has 1 unspecified atom stereocenters. The van der Waals surface area contributed by atoms with Crippen LogP contribution in [0, 0.1) is 0 Å². The van der Waals surface area contributed by atoms with E-state index >= 15 is 0 Å². The summed E-state index contributed by atoms with van der Waals surface area (Å²) in [6.07, 6.45) is 1.35. The van der Waals surface area contributed by atoms with Crippen LogP contribution in [0.5, 0.6) is 5.75 Å². The third-order valence-corrected chi connectivity index (χ3v) is 3.79. The number of para-hydroxylation sites is 1. The van der Waals surface area contributed by atoms with Gasteiger partial charge in [0.1, 0.15) is 5.75 Å². The normalized spacial score (nSPS) is 23.9. The van der Waals surface area contributed by atoms with Gasteiger partial charge in [-0.05, 0) is 45.4 Å². The summed E-state index contributed by atoms with van der Waals surface area (Å²) >= 11 is 6.02. The highest BCUT2D eigenvalue weighted by Gasteiger charge is 2.23. The Kier molecular flexibility index (Phi) is 5.26. The summed E-state index contributed by atoms with van der Waals surface area (Å²) in [6.45, 7) is 4.80. The van der Waals surface area contributed by atoms with Crippen molar-refractivity contribution in [3.8, 4) is 5.75 Å². The minimum atomic E-state index is -0.555. The number of hydrogen-bond donors (Lipinski definition) is 2. The fraction of sp³-hybridized carbons (Fsp3) is 0.533. The molecule has 1 saturated heterocycles. The summed E-state index contributed by atoms with van der Waals surface area (Å²) in [5, 5.41) is 6.92. The minimum absolute atomic E-state index is 0.0935. The Morgan fingerprint density at radius 1 is 1.50 bits per heavy atom. The van der Waals surface area contributed by atoms with Crippen LogP contribution in [0.2, 0.25) is 5.02 Å². The SMILES string of the molecule is CC(Oc1ccccc1Cl)C(=O)N[C@@H]1CCN[C@H](C)C1. The maximum absolute atomic E-state index is 12.1. The van der Waals surface area contributed by atoms with Crippen molar-refractivity contribution in [2.75, 3.05) is 6.54 Å². The highest BCUT2D eigenvalue weighted by Crippen LogP contribution is 2.24. The second-order valence-electron chi connectivity index (χ2n) is 5.28. The van der Waals surface area contributed by atoms with E-state index in [-0.39, 0.29) is 11.9 Å². The Hall–Kier alpha value is -1.26. The van der Waals surface area contributed by atoms with Crippen molar-refractivity contribution >= 4 is 17.5 Å². The van der Waals surface area contributed by atoms with Gasteiger partial charge in [-0.3, -0.25) is 4.79 Å². The first-order valence-electron chi connectivity index (χ1n) is 7.01. The number of amides is 1. The average Bonchev–Trinajstić information content (AvgIpc) is 2.41. The molecule has 1 aliphatic heterocycles. The molecule has 0 aromatic heterocycles. The summed E-state index contributed by atoms with van der Waals surface area (Å²) < 4.78 is 5.62. The molecule has 5 heteroatoms. The maximum atomic E-state index is 12.1. The van der Waals surface area contributed by atoms with E-state index in [2.05, 4.69) is 17.6 Å². The molecule has 0 spiro atoms. The largest absolute Gasteiger partial charge is 0.479 e. The Labute approximate surface area is 124 Å². The van der Waals surface area contributed by atoms with Crippen LogP contribution in [0.25, 0.3) is 0 Å². The summed E-state index contributed by atoms with van der Waals surface area (Å²) in [5.41, 5.74) is 0. The molecule has 1 aliphatic rings. The summed E-state index contributed by atoms with van der Waals surface area (Å²) in [7, 11) is 0. The van der Waals surface area contributed by atoms with Crippen molar-refractivity contribution in [1.82, 2.24) is 10.6 Å². The summed E-state index contributed by atoms with van der Waals surface area (Å²) in [6, 6.07) is 7.83. The molecule has 1 amide bonds. The van der Waals surface area contributed by atoms with E-state index in [1.807, 2.05) is 12.1 Å². The molecule has 2 N–H and O–H groups in total. The fourth-order valence-electron chi connectivity index (χ4n) is 2.37. The van der Waals surface area contributed by atoms with E-state index in [0.29, 0.717) is 16.8 Å². The molecule has 1 heterocycles. The number of carbonyl (C=O) groups excluding carboxylic acids is 1. The van der Waals surface area contributed by atoms with Gasteiger partial charge in [0.2, 0.25) is 0 Å². The van der Waals surface area contributed by atoms with Gasteiger partial charge in [-0.2, -0.15) is 0 Å². The van der Waals surface area contributed by atoms with Gasteiger partial charge in [0, 0.05) is 12.1 Å². The van der Waals surface area contributed by atoms with Crippen LogP contribution in [0.1, 0.15) is 26.7 Å². The number of carbonyl (C=O) groups is 1. The van der Waals surface area contributed by atoms with Crippen molar-refractivity contribution in [3.05, 3.63) is 29.3 Å². The first kappa shape index (κ1) is 15.1. The van der Waals surface area contributed by atoms with Crippen LogP contribution < -0.4 is 15.4 Å². The van der Waals surface area contributed by atoms with E-state index in [0.717, 1.165) is 19.4 Å². The highest BCUT2D eigenvalue weighted by molar-refractivity contribution is 6.32. The number of benzene rings is 1. The second-order valence-corrected chi connectivity index (χ2v) is 5.68. The minimum Gasteiger partial charge on any atom is -0.479 e. The Bertz CT molecular complexity index is 467. The van der Waals surface area contributed by atoms with Gasteiger partial charge in [-0.1, -0.05) is 23.7 Å². The van der Waals surface area contributed by atoms with Crippen LogP contribution >= 0.6 is 11.6 Å². The third-order valence-electron chi connectivity index (χ3n) is 3.48. The van der Waals surface area contributed by atoms with Crippen molar-refractivity contribution in [2.24, 2.45) is 0 Å². The monoisotopic (exact) mass is 296 g/mol. The molecular formula is C15H21ClN2O2. The average molecular weight is 297 g/mol. The molecule has 1 fully saturated rings. The zero-order valence-electron chi connectivity index (χ0n) is 11.9. The molecule has 0 bridgehead atoms. The van der Waals surface area contributed by atoms with Gasteiger partial charge in [-0.15, -0.1) is 0 Å². The Morgan fingerprint density at radius 2 is 2.25 bits per heavy atom. The van der Waals surface area contributed by atoms with Crippen molar-refractivity contribution < 1.29 is 9.53 Å². The lowest BCUT2D eigenvalue weighted by Crippen LogP contribution is -2.49. The van der Waals surface area contributed by atoms with E-state index in [9.17, 15) is 4.79 Å². The van der Waals surface area contributed by atoms with Crippen molar-refractivity contribution in [3.63, 3.8) is 0 Å². The standard InChI is InChI=1S/C15H21ClN2O2/c1-10-9-12(7-8-17-10)18-15(19)11(2)20-14-6-4-3-5-13(14)16/h3-6,10-12,17H,7-9H2,1-2H3,(H,18,19)/t10-,11?,12-/m1/s1. The highest BCUT2D eigenvalue weighted by atomic mass is 35.5. The quantitative estimate of drug-likeness (QED) is 0.897. The zero-order valence-corrected chi connectivity index (χ0v) is 12.6. The number of piperidine rings is 1. The van der Waals surface area contributed by atoms with Crippen LogP contribution in [0.15, 0.2) is 24.3 Å². The van der Waals surface area contributed by atoms with Crippen LogP contribution in [0.4, 0.5) is 0 Å². The lowest BCUT2D eigenvalue weighted by Gasteiger charge is -2.29. The number of rotatable bonds is 4. The van der Waals surface area contributed by atoms with Crippen molar-refractivity contribution in [1.29, 1.82) is 0 Å². The van der Waals surface area contributed by atoms with Gasteiger partial charge < -0.3 is 15.4 Å². The van der Waals surface area contributed by atoms with Crippen LogP contribution in [-0.2, 0) is 4.79 Å². The van der Waals surface area contributed by atoms with Gasteiger partial charge >= 0.3 is 0 Å². The number of nitrogens with one attached hydrogen (secondary N) is 2. The molecule has 0 saturated carbocycles. The smallest absolute Gasteiger partial charge is 0.260 e. The zero-order chi connectivity index (χ0) is 14.5. The lowest BCUT2D eigenvalue weighted by atomic mass is 10.0. The molecule has 3 atom stereocenters. The van der Waals surface area contributed by atoms with E-state index in [1.165, 1.54) is 0 Å². The summed E-state index contributed by atoms with van der Waals surface area (Å²) in [5.74, 6) is 0.444. The molecule has 1 aromatic carbocycles. The van der Waals surface area contributed by atoms with E-state index in [1.54, 1.807) is 19.1 Å². The van der Waals surface area contributed by atoms with Gasteiger partial charge in [0.05, 0.1) is 5.02 Å². The Balaban J connectivity index is 1.87. The number of ether oxygens (including phenoxy) is 1. The predicted molar refractivity (Wildman–Crippen MR) is 80.2 cm³/mol. The molecular weight excluding hydrogens is 276 g/mol. The summed E-state index contributed by atoms with van der Waals surface area (Å²) in [4.78, 5) is 12.1. The fourth-order valence-corrected chi connectivity index (χ4v) is 2.55. The molecule has 2 rings (SSSR count). The van der Waals surface area contributed by atoms with E-state index < -0.39 is 6.10 Å². The first-order valence-corrected chi connectivity index (χ1v) is 7.39. The van der Waals surface area contributed by atoms with Gasteiger partial charge in [0.15, 0.2) is 6.10 Å². The van der Waals surface area contributed by atoms with Gasteiger partial charge in [0.25, 0.3) is 5.91 Å². The van der Waals surface area contributed by atoms with Crippen molar-refractivity contribution in [2.45, 2.75) is 44.9 Å². The van der Waals surface area contributed by atoms with Gasteiger partial charge in [-0.25, -0.2) is 0 Å². The maximum Gasteiger partial charge on any atom is 0.260 e. The molecule has 110 valence electrons. The molecule has 0 radical (unpaired) electrons. The Morgan fingerprint density at radius 3 is 2.95 bits per heavy atom.